The third-order valence-electron chi connectivity index (χ3n) is 2.71. The van der Waals surface area contributed by atoms with Crippen molar-refractivity contribution in [3.63, 3.8) is 0 Å². The number of hydrogen-bond donors (Lipinski definition) is 6. The molecule has 27 heavy (non-hydrogen) atoms. The summed E-state index contributed by atoms with van der Waals surface area (Å²) in [5, 5.41) is 18.2. The van der Waals surface area contributed by atoms with Crippen molar-refractivity contribution in [2.75, 3.05) is 7.05 Å². The van der Waals surface area contributed by atoms with Gasteiger partial charge in [-0.15, -0.1) is 5.10 Å². The van der Waals surface area contributed by atoms with Gasteiger partial charge in [0.25, 0.3) is 0 Å². The fourth-order valence-corrected chi connectivity index (χ4v) is 1.62. The molecule has 0 aromatic heterocycles. The standard InChI is InChI=1S/C14H18N4O3.C2H6.CH5N.H4N2/c1-16-18-14(15)11-7-5-10(6-8-11)9-17-12(19)3-2-4-13(20)21;3*1-2/h5-8H,1-4,9H2,(H2,15,18)(H,17,19)(H,20,21);1-2H3;2H2,1H3;1-2H2. The number of nitrogens with one attached hydrogen (secondary N) is 1. The van der Waals surface area contributed by atoms with Gasteiger partial charge < -0.3 is 21.9 Å². The summed E-state index contributed by atoms with van der Waals surface area (Å²) < 4.78 is 0. The number of carbonyl (C=O) groups is 2. The van der Waals surface area contributed by atoms with Crippen molar-refractivity contribution in [1.29, 1.82) is 0 Å². The number of carboxylic acids is 1. The van der Waals surface area contributed by atoms with Crippen LogP contribution in [0, 0.1) is 0 Å². The summed E-state index contributed by atoms with van der Waals surface area (Å²) in [5.41, 5.74) is 11.8. The van der Waals surface area contributed by atoms with E-state index in [9.17, 15) is 9.59 Å². The molecule has 0 spiro atoms. The molecular weight excluding hydrogens is 350 g/mol. The second kappa shape index (κ2) is 21.2. The number of benzene rings is 1. The first kappa shape index (κ1) is 29.0. The zero-order chi connectivity index (χ0) is 21.7. The Bertz CT molecular complexity index is 546. The zero-order valence-electron chi connectivity index (χ0n) is 16.3. The molecule has 0 aliphatic carbocycles. The Hall–Kier alpha value is -2.82. The number of rotatable bonds is 8. The molecule has 1 aromatic carbocycles. The summed E-state index contributed by atoms with van der Waals surface area (Å²) in [7, 11) is 1.50. The minimum absolute atomic E-state index is 0.00192. The maximum atomic E-state index is 11.5. The van der Waals surface area contributed by atoms with Crippen LogP contribution in [0.1, 0.15) is 44.2 Å². The molecule has 154 valence electrons. The lowest BCUT2D eigenvalue weighted by molar-refractivity contribution is -0.137. The van der Waals surface area contributed by atoms with Gasteiger partial charge in [-0.1, -0.05) is 38.1 Å². The quantitative estimate of drug-likeness (QED) is 0.160. The molecule has 0 unspecified atom stereocenters. The van der Waals surface area contributed by atoms with Crippen molar-refractivity contribution < 1.29 is 14.7 Å². The zero-order valence-corrected chi connectivity index (χ0v) is 16.3. The SMILES string of the molecule is C=N/N=C(\N)c1ccc(CNC(=O)CCCC(=O)O)cc1.CC.CN.NN. The average Bonchev–Trinajstić information content (AvgIpc) is 2.71. The first-order chi connectivity index (χ1) is 13.0. The van der Waals surface area contributed by atoms with Gasteiger partial charge in [0.05, 0.1) is 0 Å². The number of hydrazine groups is 1. The number of nitrogens with two attached hydrogens (primary N) is 4. The molecule has 1 amide bonds. The number of carbonyl (C=O) groups excluding carboxylic acids is 1. The molecule has 0 heterocycles. The molecule has 0 aliphatic heterocycles. The molecule has 0 atom stereocenters. The Kier molecular flexibility index (Phi) is 22.8. The Balaban J connectivity index is -0.000000869. The lowest BCUT2D eigenvalue weighted by Crippen LogP contribution is -2.22. The van der Waals surface area contributed by atoms with Crippen LogP contribution in [0.2, 0.25) is 0 Å². The fourth-order valence-electron chi connectivity index (χ4n) is 1.62. The predicted molar refractivity (Wildman–Crippen MR) is 110 cm³/mol. The van der Waals surface area contributed by atoms with Crippen LogP contribution in [0.3, 0.4) is 0 Å². The van der Waals surface area contributed by atoms with Crippen LogP contribution in [-0.4, -0.2) is 36.6 Å². The second-order valence-electron chi connectivity index (χ2n) is 4.35. The Labute approximate surface area is 160 Å². The Morgan fingerprint density at radius 2 is 1.63 bits per heavy atom. The monoisotopic (exact) mass is 383 g/mol. The highest BCUT2D eigenvalue weighted by molar-refractivity contribution is 5.97. The molecule has 0 aliphatic rings. The highest BCUT2D eigenvalue weighted by atomic mass is 16.4. The van der Waals surface area contributed by atoms with Crippen LogP contribution in [-0.2, 0) is 16.1 Å². The summed E-state index contributed by atoms with van der Waals surface area (Å²) in [6, 6.07) is 7.18. The van der Waals surface area contributed by atoms with Gasteiger partial charge in [0, 0.05) is 31.7 Å². The van der Waals surface area contributed by atoms with Crippen molar-refractivity contribution >= 4 is 24.4 Å². The van der Waals surface area contributed by atoms with E-state index in [1.54, 1.807) is 12.1 Å². The van der Waals surface area contributed by atoms with Crippen LogP contribution < -0.4 is 28.5 Å². The van der Waals surface area contributed by atoms with Gasteiger partial charge in [-0.2, -0.15) is 5.10 Å². The van der Waals surface area contributed by atoms with E-state index in [1.165, 1.54) is 7.05 Å². The van der Waals surface area contributed by atoms with E-state index in [-0.39, 0.29) is 24.6 Å². The number of amidine groups is 1. The minimum atomic E-state index is -0.897. The fraction of sp³-hybridized carbons (Fsp3) is 0.412. The molecule has 0 fully saturated rings. The van der Waals surface area contributed by atoms with Crippen molar-refractivity contribution in [3.8, 4) is 0 Å². The molecule has 1 aromatic rings. The summed E-state index contributed by atoms with van der Waals surface area (Å²) in [4.78, 5) is 21.8. The lowest BCUT2D eigenvalue weighted by Gasteiger charge is -2.06. The molecule has 1 rings (SSSR count). The molecule has 0 saturated carbocycles. The highest BCUT2D eigenvalue weighted by Gasteiger charge is 2.04. The van der Waals surface area contributed by atoms with E-state index < -0.39 is 5.97 Å². The van der Waals surface area contributed by atoms with Crippen LogP contribution >= 0.6 is 0 Å². The smallest absolute Gasteiger partial charge is 0.303 e. The Morgan fingerprint density at radius 3 is 2.07 bits per heavy atom. The highest BCUT2D eigenvalue weighted by Crippen LogP contribution is 2.05. The van der Waals surface area contributed by atoms with Crippen molar-refractivity contribution in [2.45, 2.75) is 39.7 Å². The van der Waals surface area contributed by atoms with Gasteiger partial charge >= 0.3 is 5.97 Å². The third kappa shape index (κ3) is 16.4. The van der Waals surface area contributed by atoms with Crippen LogP contribution in [0.5, 0.6) is 0 Å². The lowest BCUT2D eigenvalue weighted by atomic mass is 10.1. The summed E-state index contributed by atoms with van der Waals surface area (Å²) in [6.07, 6.45) is 0.536. The molecule has 0 radical (unpaired) electrons. The molecule has 0 saturated heterocycles. The van der Waals surface area contributed by atoms with Gasteiger partial charge in [-0.05, 0) is 19.0 Å². The van der Waals surface area contributed by atoms with Gasteiger partial charge in [0.1, 0.15) is 0 Å². The molecule has 10 nitrogen and oxygen atoms in total. The average molecular weight is 383 g/mol. The topological polar surface area (TPSA) is 195 Å². The van der Waals surface area contributed by atoms with E-state index in [0.29, 0.717) is 13.0 Å². The first-order valence-electron chi connectivity index (χ1n) is 8.31. The predicted octanol–water partition coefficient (Wildman–Crippen LogP) is 0.299. The van der Waals surface area contributed by atoms with Gasteiger partial charge in [-0.25, -0.2) is 0 Å². The van der Waals surface area contributed by atoms with E-state index in [1.807, 2.05) is 26.0 Å². The van der Waals surface area contributed by atoms with Crippen LogP contribution in [0.25, 0.3) is 0 Å². The maximum Gasteiger partial charge on any atom is 0.303 e. The Morgan fingerprint density at radius 1 is 1.11 bits per heavy atom. The van der Waals surface area contributed by atoms with Crippen LogP contribution in [0.15, 0.2) is 34.5 Å². The number of nitrogens with zero attached hydrogens (tertiary/aromatic N) is 2. The molecule has 10 N–H and O–H groups in total. The van der Waals surface area contributed by atoms with Crippen LogP contribution in [0.4, 0.5) is 0 Å². The summed E-state index contributed by atoms with van der Waals surface area (Å²) in [6.45, 7) is 7.60. The summed E-state index contributed by atoms with van der Waals surface area (Å²) in [5.74, 6) is 7.21. The van der Waals surface area contributed by atoms with Gasteiger partial charge in [0.2, 0.25) is 5.91 Å². The van der Waals surface area contributed by atoms with E-state index in [4.69, 9.17) is 10.8 Å². The van der Waals surface area contributed by atoms with Crippen molar-refractivity contribution in [2.24, 2.45) is 33.4 Å². The van der Waals surface area contributed by atoms with E-state index in [0.717, 1.165) is 11.1 Å². The molecule has 0 bridgehead atoms. The van der Waals surface area contributed by atoms with Crippen molar-refractivity contribution in [3.05, 3.63) is 35.4 Å². The second-order valence-corrected chi connectivity index (χ2v) is 4.35. The summed E-state index contributed by atoms with van der Waals surface area (Å²) >= 11 is 0. The number of amides is 1. The van der Waals surface area contributed by atoms with Gasteiger partial charge in [-0.3, -0.25) is 21.3 Å². The minimum Gasteiger partial charge on any atom is -0.481 e. The normalized spacial score (nSPS) is 9.19. The first-order valence-corrected chi connectivity index (χ1v) is 8.31. The van der Waals surface area contributed by atoms with Gasteiger partial charge in [0.15, 0.2) is 5.84 Å². The number of carboxylic acid groups (broad SMARTS) is 1. The molecular formula is C17H33N7O3. The number of hydrogen-bond acceptors (Lipinski definition) is 7. The van der Waals surface area contributed by atoms with E-state index >= 15 is 0 Å². The van der Waals surface area contributed by atoms with Crippen molar-refractivity contribution in [1.82, 2.24) is 5.32 Å². The molecule has 10 heteroatoms. The largest absolute Gasteiger partial charge is 0.481 e. The van der Waals surface area contributed by atoms with E-state index in [2.05, 4.69) is 39.7 Å². The third-order valence-corrected chi connectivity index (χ3v) is 2.71. The number of aliphatic carboxylic acids is 1. The maximum absolute atomic E-state index is 11.5.